The standard InChI is InChI=1S/C7H9.2ClH.Zr/c1-6-3-4-7(2)5-6;;;/h3-4,6H,1-2H3;2*1H;/q-1;;;. The minimum Gasteiger partial charge on any atom is -0.267 e. The van der Waals surface area contributed by atoms with Crippen molar-refractivity contribution >= 4 is 24.8 Å². The minimum absolute atomic E-state index is 0. The van der Waals surface area contributed by atoms with Crippen LogP contribution in [-0.2, 0) is 26.2 Å². The summed E-state index contributed by atoms with van der Waals surface area (Å²) in [5, 5.41) is 0. The summed E-state index contributed by atoms with van der Waals surface area (Å²) in [6.45, 7) is 4.20. The van der Waals surface area contributed by atoms with Crippen LogP contribution in [0.5, 0.6) is 0 Å². The van der Waals surface area contributed by atoms with Gasteiger partial charge in [0.2, 0.25) is 0 Å². The van der Waals surface area contributed by atoms with E-state index in [1.807, 2.05) is 0 Å². The molecule has 58 valence electrons. The molecule has 1 aliphatic carbocycles. The summed E-state index contributed by atoms with van der Waals surface area (Å²) in [4.78, 5) is 0. The molecule has 0 radical (unpaired) electrons. The fraction of sp³-hybridized carbons (Fsp3) is 0.429. The number of allylic oxidation sites excluding steroid dienone is 4. The summed E-state index contributed by atoms with van der Waals surface area (Å²) in [5.74, 6) is 0.556. The summed E-state index contributed by atoms with van der Waals surface area (Å²) in [5.41, 5.74) is 1.27. The number of hydrogen-bond donors (Lipinski definition) is 0. The third kappa shape index (κ3) is 5.71. The maximum absolute atomic E-state index is 3.22. The van der Waals surface area contributed by atoms with Crippen molar-refractivity contribution in [1.82, 2.24) is 0 Å². The Balaban J connectivity index is -0.000000163. The van der Waals surface area contributed by atoms with E-state index in [2.05, 4.69) is 32.1 Å². The summed E-state index contributed by atoms with van der Waals surface area (Å²) in [6.07, 6.45) is 7.47. The van der Waals surface area contributed by atoms with Crippen molar-refractivity contribution in [2.45, 2.75) is 13.8 Å². The quantitative estimate of drug-likeness (QED) is 0.585. The SMILES string of the molecule is CC1=[C-]C(C)C=C1.Cl.Cl.[Zr]. The molecule has 1 unspecified atom stereocenters. The Morgan fingerprint density at radius 1 is 1.40 bits per heavy atom. The van der Waals surface area contributed by atoms with Crippen LogP contribution in [0.1, 0.15) is 13.8 Å². The van der Waals surface area contributed by atoms with Crippen molar-refractivity contribution < 1.29 is 26.2 Å². The Kier molecular flexibility index (Phi) is 13.8. The molecular weight excluding hydrogens is 246 g/mol. The van der Waals surface area contributed by atoms with Crippen LogP contribution in [0.15, 0.2) is 17.7 Å². The number of rotatable bonds is 0. The molecule has 0 saturated heterocycles. The van der Waals surface area contributed by atoms with Crippen LogP contribution in [0.25, 0.3) is 0 Å². The molecule has 10 heavy (non-hydrogen) atoms. The van der Waals surface area contributed by atoms with Crippen molar-refractivity contribution in [3.8, 4) is 0 Å². The van der Waals surface area contributed by atoms with Gasteiger partial charge in [0.05, 0.1) is 0 Å². The summed E-state index contributed by atoms with van der Waals surface area (Å²) < 4.78 is 0. The molecule has 0 N–H and O–H groups in total. The van der Waals surface area contributed by atoms with Gasteiger partial charge < -0.3 is 0 Å². The average molecular weight is 257 g/mol. The van der Waals surface area contributed by atoms with E-state index in [1.165, 1.54) is 5.57 Å². The predicted octanol–water partition coefficient (Wildman–Crippen LogP) is 2.78. The van der Waals surface area contributed by atoms with Crippen LogP contribution in [0.2, 0.25) is 0 Å². The number of halogens is 2. The molecule has 0 bridgehead atoms. The maximum Gasteiger partial charge on any atom is 0 e. The first-order chi connectivity index (χ1) is 3.29. The average Bonchev–Trinajstić information content (AvgIpc) is 1.87. The third-order valence-electron chi connectivity index (χ3n) is 1.09. The van der Waals surface area contributed by atoms with Gasteiger partial charge in [0, 0.05) is 26.2 Å². The van der Waals surface area contributed by atoms with E-state index in [9.17, 15) is 0 Å². The molecule has 0 aromatic rings. The zero-order chi connectivity index (χ0) is 5.28. The predicted molar refractivity (Wildman–Crippen MR) is 45.2 cm³/mol. The number of hydrogen-bond acceptors (Lipinski definition) is 0. The molecule has 1 aliphatic rings. The van der Waals surface area contributed by atoms with Crippen molar-refractivity contribution in [1.29, 1.82) is 0 Å². The molecule has 0 nitrogen and oxygen atoms in total. The fourth-order valence-corrected chi connectivity index (χ4v) is 0.744. The summed E-state index contributed by atoms with van der Waals surface area (Å²) >= 11 is 0. The van der Waals surface area contributed by atoms with E-state index in [-0.39, 0.29) is 51.0 Å². The van der Waals surface area contributed by atoms with Gasteiger partial charge in [-0.25, -0.2) is 11.6 Å². The first-order valence-corrected chi connectivity index (χ1v) is 2.57. The largest absolute Gasteiger partial charge is 0.267 e. The van der Waals surface area contributed by atoms with Crippen molar-refractivity contribution in [2.75, 3.05) is 0 Å². The molecule has 3 heteroatoms. The molecule has 0 aliphatic heterocycles. The van der Waals surface area contributed by atoms with Gasteiger partial charge >= 0.3 is 0 Å². The van der Waals surface area contributed by atoms with Gasteiger partial charge in [-0.05, 0) is 0 Å². The Morgan fingerprint density at radius 3 is 2.00 bits per heavy atom. The Hall–Kier alpha value is 0.943. The monoisotopic (exact) mass is 255 g/mol. The molecule has 1 rings (SSSR count). The van der Waals surface area contributed by atoms with Gasteiger partial charge in [-0.15, -0.1) is 24.8 Å². The van der Waals surface area contributed by atoms with Crippen molar-refractivity contribution in [3.63, 3.8) is 0 Å². The zero-order valence-electron chi connectivity index (χ0n) is 6.05. The Bertz CT molecular complexity index is 130. The normalized spacial score (nSPS) is 19.8. The minimum atomic E-state index is 0. The second-order valence-corrected chi connectivity index (χ2v) is 1.98. The smallest absolute Gasteiger partial charge is 0 e. The van der Waals surface area contributed by atoms with Gasteiger partial charge in [0.25, 0.3) is 0 Å². The summed E-state index contributed by atoms with van der Waals surface area (Å²) in [7, 11) is 0. The molecular formula is C7H11Cl2Zr-. The van der Waals surface area contributed by atoms with E-state index in [0.717, 1.165) is 0 Å². The fourth-order valence-electron chi connectivity index (χ4n) is 0.744. The molecule has 1 atom stereocenters. The second-order valence-electron chi connectivity index (χ2n) is 1.98. The first kappa shape index (κ1) is 17.1. The third-order valence-corrected chi connectivity index (χ3v) is 1.09. The van der Waals surface area contributed by atoms with Crippen LogP contribution >= 0.6 is 24.8 Å². The van der Waals surface area contributed by atoms with Gasteiger partial charge in [-0.1, -0.05) is 19.8 Å². The topological polar surface area (TPSA) is 0 Å². The van der Waals surface area contributed by atoms with Crippen molar-refractivity contribution in [3.05, 3.63) is 23.8 Å². The van der Waals surface area contributed by atoms with E-state index < -0.39 is 0 Å². The van der Waals surface area contributed by atoms with E-state index >= 15 is 0 Å². The summed E-state index contributed by atoms with van der Waals surface area (Å²) in [6, 6.07) is 0. The van der Waals surface area contributed by atoms with Crippen LogP contribution in [0.3, 0.4) is 0 Å². The molecule has 0 fully saturated rings. The zero-order valence-corrected chi connectivity index (χ0v) is 10.1. The van der Waals surface area contributed by atoms with Gasteiger partial charge in [0.15, 0.2) is 0 Å². The van der Waals surface area contributed by atoms with Crippen LogP contribution in [-0.4, -0.2) is 0 Å². The second kappa shape index (κ2) is 8.04. The first-order valence-electron chi connectivity index (χ1n) is 2.57. The maximum atomic E-state index is 3.22. The molecule has 0 aromatic carbocycles. The molecule has 0 amide bonds. The van der Waals surface area contributed by atoms with Crippen molar-refractivity contribution in [2.24, 2.45) is 5.92 Å². The molecule has 0 heterocycles. The van der Waals surface area contributed by atoms with Gasteiger partial charge in [-0.2, -0.15) is 6.08 Å². The van der Waals surface area contributed by atoms with E-state index in [0.29, 0.717) is 5.92 Å². The Labute approximate surface area is 94.1 Å². The van der Waals surface area contributed by atoms with Crippen LogP contribution < -0.4 is 0 Å². The van der Waals surface area contributed by atoms with Crippen LogP contribution in [0, 0.1) is 12.0 Å². The molecule has 0 aromatic heterocycles. The molecule has 0 saturated carbocycles. The molecule has 0 spiro atoms. The Morgan fingerprint density at radius 2 is 1.90 bits per heavy atom. The van der Waals surface area contributed by atoms with Crippen LogP contribution in [0.4, 0.5) is 0 Å². The van der Waals surface area contributed by atoms with E-state index in [4.69, 9.17) is 0 Å². The van der Waals surface area contributed by atoms with E-state index in [1.54, 1.807) is 0 Å². The van der Waals surface area contributed by atoms with Gasteiger partial charge in [-0.3, -0.25) is 6.08 Å². The van der Waals surface area contributed by atoms with Gasteiger partial charge in [0.1, 0.15) is 0 Å².